The molecule has 5 nitrogen and oxygen atoms in total. The van der Waals surface area contributed by atoms with E-state index >= 15 is 0 Å². The molecule has 2 amide bonds. The number of nitrogens with one attached hydrogen (secondary N) is 2. The standard InChI is InChI=1S/C25H23N3O2S2/c1-31-17-8-4-7-16(15-17)26-25(30)28-20-11-3-2-9-18(20)27-19-10-5-12-21(29)23(19)24(28)22-13-6-14-32-22/h2-4,6-9,11,13-15,24,27H,5,10,12H2,1H3,(H,26,30). The first-order chi connectivity index (χ1) is 15.7. The third-order valence-electron chi connectivity index (χ3n) is 5.79. The van der Waals surface area contributed by atoms with Gasteiger partial charge in [0.2, 0.25) is 0 Å². The Balaban J connectivity index is 1.65. The lowest BCUT2D eigenvalue weighted by Gasteiger charge is -2.33. The minimum absolute atomic E-state index is 0.104. The van der Waals surface area contributed by atoms with Crippen LogP contribution in [0.3, 0.4) is 0 Å². The fourth-order valence-corrected chi connectivity index (χ4v) is 5.64. The lowest BCUT2D eigenvalue weighted by atomic mass is 9.88. The number of urea groups is 1. The number of thiophene rings is 1. The lowest BCUT2D eigenvalue weighted by molar-refractivity contribution is -0.116. The third-order valence-corrected chi connectivity index (χ3v) is 7.44. The van der Waals surface area contributed by atoms with Crippen LogP contribution < -0.4 is 15.5 Å². The van der Waals surface area contributed by atoms with E-state index in [1.807, 2.05) is 72.3 Å². The molecule has 0 spiro atoms. The molecule has 5 rings (SSSR count). The van der Waals surface area contributed by atoms with E-state index in [1.54, 1.807) is 28.0 Å². The second kappa shape index (κ2) is 8.84. The van der Waals surface area contributed by atoms with Gasteiger partial charge in [-0.25, -0.2) is 4.79 Å². The SMILES string of the molecule is CSc1cccc(NC(=O)N2c3ccccc3NC3=C(C(=O)CCC3)C2c2cccs2)c1. The molecule has 1 atom stereocenters. The molecule has 0 bridgehead atoms. The number of para-hydroxylation sites is 2. The number of Topliss-reactive ketones (excluding diaryl/α,β-unsaturated/α-hetero) is 1. The minimum Gasteiger partial charge on any atom is -0.357 e. The lowest BCUT2D eigenvalue weighted by Crippen LogP contribution is -2.40. The minimum atomic E-state index is -0.474. The smallest absolute Gasteiger partial charge is 0.327 e. The maximum atomic E-state index is 13.8. The van der Waals surface area contributed by atoms with Crippen molar-refractivity contribution in [2.24, 2.45) is 0 Å². The van der Waals surface area contributed by atoms with Gasteiger partial charge in [0.25, 0.3) is 0 Å². The number of fused-ring (bicyclic) bond motifs is 1. The second-order valence-corrected chi connectivity index (χ2v) is 9.62. The number of anilines is 3. The Kier molecular flexibility index (Phi) is 5.76. The van der Waals surface area contributed by atoms with Gasteiger partial charge in [-0.3, -0.25) is 9.69 Å². The summed E-state index contributed by atoms with van der Waals surface area (Å²) < 4.78 is 0. The zero-order valence-corrected chi connectivity index (χ0v) is 19.3. The van der Waals surface area contributed by atoms with Crippen LogP contribution >= 0.6 is 23.1 Å². The molecule has 32 heavy (non-hydrogen) atoms. The van der Waals surface area contributed by atoms with E-state index in [2.05, 4.69) is 10.6 Å². The molecule has 0 fully saturated rings. The quantitative estimate of drug-likeness (QED) is 0.427. The zero-order valence-electron chi connectivity index (χ0n) is 17.6. The van der Waals surface area contributed by atoms with Gasteiger partial charge < -0.3 is 10.6 Å². The van der Waals surface area contributed by atoms with Crippen LogP contribution in [0.4, 0.5) is 21.9 Å². The molecule has 0 saturated carbocycles. The van der Waals surface area contributed by atoms with Crippen molar-refractivity contribution in [3.8, 4) is 0 Å². The van der Waals surface area contributed by atoms with E-state index in [9.17, 15) is 9.59 Å². The Bertz CT molecular complexity index is 1200. The molecule has 2 aromatic carbocycles. The highest BCUT2D eigenvalue weighted by Gasteiger charge is 2.40. The van der Waals surface area contributed by atoms with Crippen molar-refractivity contribution in [3.63, 3.8) is 0 Å². The van der Waals surface area contributed by atoms with Crippen LogP contribution in [0.1, 0.15) is 30.2 Å². The Morgan fingerprint density at radius 1 is 1.12 bits per heavy atom. The average Bonchev–Trinajstić information content (AvgIpc) is 3.28. The van der Waals surface area contributed by atoms with Crippen LogP contribution in [0.5, 0.6) is 0 Å². The highest BCUT2D eigenvalue weighted by molar-refractivity contribution is 7.98. The highest BCUT2D eigenvalue weighted by Crippen LogP contribution is 2.46. The summed E-state index contributed by atoms with van der Waals surface area (Å²) in [7, 11) is 0. The van der Waals surface area contributed by atoms with Gasteiger partial charge in [-0.2, -0.15) is 0 Å². The number of thioether (sulfide) groups is 1. The molecule has 2 aliphatic rings. The van der Waals surface area contributed by atoms with Gasteiger partial charge in [0.15, 0.2) is 5.78 Å². The molecule has 1 aromatic heterocycles. The molecule has 162 valence electrons. The number of hydrogen-bond acceptors (Lipinski definition) is 5. The molecular weight excluding hydrogens is 438 g/mol. The summed E-state index contributed by atoms with van der Waals surface area (Å²) in [5, 5.41) is 8.55. The summed E-state index contributed by atoms with van der Waals surface area (Å²) >= 11 is 3.19. The van der Waals surface area contributed by atoms with Crippen molar-refractivity contribution in [1.82, 2.24) is 0 Å². The zero-order chi connectivity index (χ0) is 22.1. The topological polar surface area (TPSA) is 61.4 Å². The van der Waals surface area contributed by atoms with E-state index in [0.717, 1.165) is 45.4 Å². The van der Waals surface area contributed by atoms with Crippen molar-refractivity contribution < 1.29 is 9.59 Å². The summed E-state index contributed by atoms with van der Waals surface area (Å²) in [5.41, 5.74) is 3.94. The molecule has 0 radical (unpaired) electrons. The number of amides is 2. The van der Waals surface area contributed by atoms with Gasteiger partial charge in [0.05, 0.1) is 11.4 Å². The normalized spacial score (nSPS) is 17.8. The summed E-state index contributed by atoms with van der Waals surface area (Å²) in [6.45, 7) is 0. The fraction of sp³-hybridized carbons (Fsp3) is 0.200. The number of allylic oxidation sites excluding steroid dienone is 1. The number of ketones is 1. The molecule has 7 heteroatoms. The Morgan fingerprint density at radius 2 is 2.00 bits per heavy atom. The predicted octanol–water partition coefficient (Wildman–Crippen LogP) is 6.68. The summed E-state index contributed by atoms with van der Waals surface area (Å²) in [6, 6.07) is 18.8. The first-order valence-electron chi connectivity index (χ1n) is 10.6. The Labute approximate surface area is 195 Å². The van der Waals surface area contributed by atoms with Crippen molar-refractivity contribution in [2.45, 2.75) is 30.2 Å². The molecule has 2 N–H and O–H groups in total. The molecule has 0 saturated heterocycles. The van der Waals surface area contributed by atoms with E-state index in [-0.39, 0.29) is 11.8 Å². The van der Waals surface area contributed by atoms with E-state index in [1.165, 1.54) is 0 Å². The van der Waals surface area contributed by atoms with E-state index < -0.39 is 6.04 Å². The van der Waals surface area contributed by atoms with Crippen LogP contribution in [-0.2, 0) is 4.79 Å². The van der Waals surface area contributed by atoms with Gasteiger partial charge in [-0.1, -0.05) is 24.3 Å². The van der Waals surface area contributed by atoms with Crippen LogP contribution in [-0.4, -0.2) is 18.1 Å². The summed E-state index contributed by atoms with van der Waals surface area (Å²) in [4.78, 5) is 30.8. The van der Waals surface area contributed by atoms with Crippen molar-refractivity contribution in [3.05, 3.63) is 82.2 Å². The van der Waals surface area contributed by atoms with Crippen LogP contribution in [0.25, 0.3) is 0 Å². The molecule has 2 heterocycles. The largest absolute Gasteiger partial charge is 0.357 e. The van der Waals surface area contributed by atoms with Gasteiger partial charge in [-0.05, 0) is 60.9 Å². The van der Waals surface area contributed by atoms with Gasteiger partial charge in [0.1, 0.15) is 6.04 Å². The monoisotopic (exact) mass is 461 g/mol. The maximum absolute atomic E-state index is 13.8. The Morgan fingerprint density at radius 3 is 2.81 bits per heavy atom. The van der Waals surface area contributed by atoms with Gasteiger partial charge in [0, 0.05) is 33.2 Å². The van der Waals surface area contributed by atoms with Crippen molar-refractivity contribution in [2.75, 3.05) is 21.8 Å². The first-order valence-corrected chi connectivity index (χ1v) is 12.7. The summed E-state index contributed by atoms with van der Waals surface area (Å²) in [6.07, 6.45) is 4.12. The number of nitrogens with zero attached hydrogens (tertiary/aromatic N) is 1. The van der Waals surface area contributed by atoms with Crippen molar-refractivity contribution in [1.29, 1.82) is 0 Å². The Hall–Kier alpha value is -3.03. The molecule has 1 aliphatic heterocycles. The number of carbonyl (C=O) groups is 2. The van der Waals surface area contributed by atoms with Crippen LogP contribution in [0, 0.1) is 0 Å². The predicted molar refractivity (Wildman–Crippen MR) is 133 cm³/mol. The number of rotatable bonds is 3. The van der Waals surface area contributed by atoms with Gasteiger partial charge in [-0.15, -0.1) is 23.1 Å². The average molecular weight is 462 g/mol. The molecule has 1 unspecified atom stereocenters. The molecule has 3 aromatic rings. The van der Waals surface area contributed by atoms with E-state index in [4.69, 9.17) is 0 Å². The summed E-state index contributed by atoms with van der Waals surface area (Å²) in [5.74, 6) is 0.104. The molecule has 1 aliphatic carbocycles. The number of hydrogen-bond donors (Lipinski definition) is 2. The second-order valence-electron chi connectivity index (χ2n) is 7.76. The van der Waals surface area contributed by atoms with Crippen LogP contribution in [0.2, 0.25) is 0 Å². The van der Waals surface area contributed by atoms with E-state index in [0.29, 0.717) is 12.0 Å². The number of carbonyl (C=O) groups excluding carboxylic acids is 2. The first kappa shape index (κ1) is 20.8. The molecular formula is C25H23N3O2S2. The van der Waals surface area contributed by atoms with Crippen LogP contribution in [0.15, 0.2) is 82.2 Å². The number of benzene rings is 2. The highest BCUT2D eigenvalue weighted by atomic mass is 32.2. The fourth-order valence-electron chi connectivity index (χ4n) is 4.36. The maximum Gasteiger partial charge on any atom is 0.327 e. The van der Waals surface area contributed by atoms with Gasteiger partial charge >= 0.3 is 6.03 Å². The van der Waals surface area contributed by atoms with Crippen molar-refractivity contribution >= 4 is 52.0 Å². The third kappa shape index (κ3) is 3.82.